The lowest BCUT2D eigenvalue weighted by Crippen LogP contribution is -2.38. The molecule has 2 atom stereocenters. The predicted molar refractivity (Wildman–Crippen MR) is 62.4 cm³/mol. The van der Waals surface area contributed by atoms with Crippen LogP contribution in [0.4, 0.5) is 8.78 Å². The van der Waals surface area contributed by atoms with Crippen molar-refractivity contribution in [2.45, 2.75) is 24.8 Å². The molecule has 0 saturated carbocycles. The summed E-state index contributed by atoms with van der Waals surface area (Å²) < 4.78 is 52.0. The van der Waals surface area contributed by atoms with Crippen molar-refractivity contribution in [2.75, 3.05) is 6.61 Å². The highest BCUT2D eigenvalue weighted by molar-refractivity contribution is 7.89. The van der Waals surface area contributed by atoms with E-state index in [1.165, 1.54) is 0 Å². The number of aliphatic hydroxyl groups is 1. The minimum Gasteiger partial charge on any atom is -0.396 e. The molecule has 0 radical (unpaired) electrons. The molecule has 4 nitrogen and oxygen atoms in total. The first-order valence-corrected chi connectivity index (χ1v) is 6.84. The molecule has 0 fully saturated rings. The Morgan fingerprint density at radius 1 is 1.33 bits per heavy atom. The smallest absolute Gasteiger partial charge is 0.243 e. The van der Waals surface area contributed by atoms with Crippen LogP contribution >= 0.6 is 0 Å². The Morgan fingerprint density at radius 3 is 2.44 bits per heavy atom. The number of aliphatic hydroxyl groups excluding tert-OH is 1. The number of halogens is 2. The van der Waals surface area contributed by atoms with Crippen LogP contribution in [0.3, 0.4) is 0 Å². The van der Waals surface area contributed by atoms with Crippen LogP contribution in [0.25, 0.3) is 0 Å². The summed E-state index contributed by atoms with van der Waals surface area (Å²) in [6, 6.07) is 1.68. The average Bonchev–Trinajstić information content (AvgIpc) is 2.26. The summed E-state index contributed by atoms with van der Waals surface area (Å²) in [5.41, 5.74) is 0. The van der Waals surface area contributed by atoms with Gasteiger partial charge in [0.05, 0.1) is 0 Å². The van der Waals surface area contributed by atoms with Crippen LogP contribution in [0, 0.1) is 17.6 Å². The van der Waals surface area contributed by atoms with Gasteiger partial charge >= 0.3 is 0 Å². The van der Waals surface area contributed by atoms with E-state index in [0.717, 1.165) is 12.1 Å². The summed E-state index contributed by atoms with van der Waals surface area (Å²) >= 11 is 0. The minimum atomic E-state index is -4.06. The summed E-state index contributed by atoms with van der Waals surface area (Å²) in [6.07, 6.45) is 0. The van der Waals surface area contributed by atoms with Gasteiger partial charge in [0.25, 0.3) is 0 Å². The van der Waals surface area contributed by atoms with Crippen LogP contribution in [0.2, 0.25) is 0 Å². The fourth-order valence-electron chi connectivity index (χ4n) is 1.28. The molecule has 0 aliphatic heterocycles. The standard InChI is InChI=1S/C11H15F2NO3S/c1-7(6-15)8(2)14-18(16,17)11-4-3-9(12)5-10(11)13/h3-5,7-8,14-15H,6H2,1-2H3. The van der Waals surface area contributed by atoms with E-state index in [2.05, 4.69) is 4.72 Å². The third kappa shape index (κ3) is 3.47. The molecule has 2 unspecified atom stereocenters. The molecule has 0 amide bonds. The molecule has 0 bridgehead atoms. The highest BCUT2D eigenvalue weighted by Crippen LogP contribution is 2.16. The number of sulfonamides is 1. The average molecular weight is 279 g/mol. The van der Waals surface area contributed by atoms with Crippen LogP contribution in [0.1, 0.15) is 13.8 Å². The molecule has 18 heavy (non-hydrogen) atoms. The number of benzene rings is 1. The highest BCUT2D eigenvalue weighted by atomic mass is 32.2. The second kappa shape index (κ2) is 5.73. The Balaban J connectivity index is 3.00. The zero-order valence-corrected chi connectivity index (χ0v) is 10.8. The van der Waals surface area contributed by atoms with Crippen molar-refractivity contribution in [3.05, 3.63) is 29.8 Å². The first-order valence-electron chi connectivity index (χ1n) is 5.36. The number of hydrogen-bond acceptors (Lipinski definition) is 3. The van der Waals surface area contributed by atoms with E-state index in [1.807, 2.05) is 0 Å². The van der Waals surface area contributed by atoms with E-state index in [9.17, 15) is 17.2 Å². The van der Waals surface area contributed by atoms with E-state index in [1.54, 1.807) is 13.8 Å². The van der Waals surface area contributed by atoms with Gasteiger partial charge in [-0.2, -0.15) is 0 Å². The van der Waals surface area contributed by atoms with Gasteiger partial charge in [-0.25, -0.2) is 21.9 Å². The molecule has 102 valence electrons. The van der Waals surface area contributed by atoms with Gasteiger partial charge in [-0.3, -0.25) is 0 Å². The quantitative estimate of drug-likeness (QED) is 0.852. The van der Waals surface area contributed by atoms with Crippen molar-refractivity contribution >= 4 is 10.0 Å². The Bertz CT molecular complexity index is 519. The predicted octanol–water partition coefficient (Wildman–Crippen LogP) is 1.26. The second-order valence-electron chi connectivity index (χ2n) is 4.14. The molecule has 0 heterocycles. The molecule has 0 saturated heterocycles. The van der Waals surface area contributed by atoms with Crippen LogP contribution in [-0.2, 0) is 10.0 Å². The molecule has 0 spiro atoms. The van der Waals surface area contributed by atoms with Gasteiger partial charge in [-0.05, 0) is 25.0 Å². The third-order valence-electron chi connectivity index (χ3n) is 2.67. The molecule has 7 heteroatoms. The first-order chi connectivity index (χ1) is 8.27. The molecule has 2 N–H and O–H groups in total. The van der Waals surface area contributed by atoms with E-state index >= 15 is 0 Å². The van der Waals surface area contributed by atoms with Crippen molar-refractivity contribution in [2.24, 2.45) is 5.92 Å². The normalized spacial score (nSPS) is 15.4. The summed E-state index contributed by atoms with van der Waals surface area (Å²) in [5, 5.41) is 8.91. The topological polar surface area (TPSA) is 66.4 Å². The molecule has 0 aromatic heterocycles. The van der Waals surface area contributed by atoms with Gasteiger partial charge in [0.15, 0.2) is 0 Å². The first kappa shape index (κ1) is 15.0. The maximum absolute atomic E-state index is 13.4. The second-order valence-corrected chi connectivity index (χ2v) is 5.83. The van der Waals surface area contributed by atoms with Crippen molar-refractivity contribution in [1.82, 2.24) is 4.72 Å². The van der Waals surface area contributed by atoms with Crippen LogP contribution in [-0.4, -0.2) is 26.2 Å². The molecule has 0 aliphatic carbocycles. The molecule has 1 aromatic rings. The summed E-state index contributed by atoms with van der Waals surface area (Å²) in [4.78, 5) is -0.610. The SMILES string of the molecule is CC(CO)C(C)NS(=O)(=O)c1ccc(F)cc1F. The van der Waals surface area contributed by atoms with E-state index in [4.69, 9.17) is 5.11 Å². The fourth-order valence-corrected chi connectivity index (χ4v) is 2.69. The van der Waals surface area contributed by atoms with Gasteiger partial charge in [-0.1, -0.05) is 6.92 Å². The van der Waals surface area contributed by atoms with Crippen LogP contribution in [0.15, 0.2) is 23.1 Å². The maximum atomic E-state index is 13.4. The van der Waals surface area contributed by atoms with E-state index in [-0.39, 0.29) is 12.5 Å². The minimum absolute atomic E-state index is 0.199. The van der Waals surface area contributed by atoms with Crippen LogP contribution < -0.4 is 4.72 Å². The van der Waals surface area contributed by atoms with Crippen molar-refractivity contribution in [1.29, 1.82) is 0 Å². The Kier molecular flexibility index (Phi) is 4.78. The van der Waals surface area contributed by atoms with Crippen molar-refractivity contribution < 1.29 is 22.3 Å². The van der Waals surface area contributed by atoms with Gasteiger partial charge in [0.1, 0.15) is 16.5 Å². The van der Waals surface area contributed by atoms with Crippen LogP contribution in [0.5, 0.6) is 0 Å². The number of rotatable bonds is 5. The van der Waals surface area contributed by atoms with Crippen molar-refractivity contribution in [3.8, 4) is 0 Å². The lowest BCUT2D eigenvalue weighted by atomic mass is 10.1. The highest BCUT2D eigenvalue weighted by Gasteiger charge is 2.23. The summed E-state index contributed by atoms with van der Waals surface area (Å²) in [7, 11) is -4.06. The lowest BCUT2D eigenvalue weighted by Gasteiger charge is -2.19. The maximum Gasteiger partial charge on any atom is 0.243 e. The third-order valence-corrected chi connectivity index (χ3v) is 4.26. The van der Waals surface area contributed by atoms with E-state index < -0.39 is 32.6 Å². The molecular formula is C11H15F2NO3S. The Morgan fingerprint density at radius 2 is 1.94 bits per heavy atom. The lowest BCUT2D eigenvalue weighted by molar-refractivity contribution is 0.216. The van der Waals surface area contributed by atoms with Crippen molar-refractivity contribution in [3.63, 3.8) is 0 Å². The van der Waals surface area contributed by atoms with Gasteiger partial charge in [0, 0.05) is 18.7 Å². The number of hydrogen-bond donors (Lipinski definition) is 2. The zero-order chi connectivity index (χ0) is 13.9. The fraction of sp³-hybridized carbons (Fsp3) is 0.455. The largest absolute Gasteiger partial charge is 0.396 e. The monoisotopic (exact) mass is 279 g/mol. The van der Waals surface area contributed by atoms with Gasteiger partial charge in [0.2, 0.25) is 10.0 Å². The Labute approximate surface area is 105 Å². The molecule has 1 aromatic carbocycles. The molecule has 0 aliphatic rings. The summed E-state index contributed by atoms with van der Waals surface area (Å²) in [5.74, 6) is -2.31. The Hall–Kier alpha value is -1.05. The van der Waals surface area contributed by atoms with Gasteiger partial charge in [-0.15, -0.1) is 0 Å². The van der Waals surface area contributed by atoms with Gasteiger partial charge < -0.3 is 5.11 Å². The molecular weight excluding hydrogens is 264 g/mol. The zero-order valence-electron chi connectivity index (χ0n) is 10.0. The van der Waals surface area contributed by atoms with E-state index in [0.29, 0.717) is 6.07 Å². The summed E-state index contributed by atoms with van der Waals surface area (Å²) in [6.45, 7) is 3.00. The molecule has 1 rings (SSSR count). The number of nitrogens with one attached hydrogen (secondary N) is 1.